The van der Waals surface area contributed by atoms with Crippen LogP contribution in [0.1, 0.15) is 31.8 Å². The standard InChI is InChI=1S/C18H19IN2O4/c1-21(2)10-11-8-14(17(23)15(9-11)25-3)16(22)12-6-4-5-7-13(12)18(24)20-19/h4-9,23H,10H2,1-3H3,(H,20,24). The highest BCUT2D eigenvalue weighted by Gasteiger charge is 2.22. The van der Waals surface area contributed by atoms with Crippen molar-refractivity contribution in [1.29, 1.82) is 0 Å². The maximum atomic E-state index is 13.0. The van der Waals surface area contributed by atoms with Gasteiger partial charge in [0.05, 0.1) is 41.1 Å². The molecule has 7 heteroatoms. The number of carbonyl (C=O) groups is 2. The highest BCUT2D eigenvalue weighted by molar-refractivity contribution is 14.1. The van der Waals surface area contributed by atoms with Gasteiger partial charge in [0.2, 0.25) is 0 Å². The second kappa shape index (κ2) is 8.30. The second-order valence-electron chi connectivity index (χ2n) is 5.73. The molecule has 0 atom stereocenters. The van der Waals surface area contributed by atoms with Crippen LogP contribution in [0.25, 0.3) is 0 Å². The van der Waals surface area contributed by atoms with Crippen molar-refractivity contribution in [3.8, 4) is 11.5 Å². The first kappa shape index (κ1) is 19.2. The average molecular weight is 454 g/mol. The monoisotopic (exact) mass is 454 g/mol. The summed E-state index contributed by atoms with van der Waals surface area (Å²) in [5.74, 6) is -0.828. The average Bonchev–Trinajstić information content (AvgIpc) is 2.61. The van der Waals surface area contributed by atoms with Crippen LogP contribution in [0.15, 0.2) is 36.4 Å². The van der Waals surface area contributed by atoms with E-state index in [4.69, 9.17) is 4.74 Å². The Kier molecular flexibility index (Phi) is 6.38. The molecule has 0 unspecified atom stereocenters. The minimum atomic E-state index is -0.438. The zero-order valence-corrected chi connectivity index (χ0v) is 16.3. The number of hydrogen-bond donors (Lipinski definition) is 2. The van der Waals surface area contributed by atoms with Crippen molar-refractivity contribution in [3.63, 3.8) is 0 Å². The van der Waals surface area contributed by atoms with Gasteiger partial charge in [0, 0.05) is 12.1 Å². The summed E-state index contributed by atoms with van der Waals surface area (Å²) in [6.45, 7) is 0.576. The van der Waals surface area contributed by atoms with E-state index in [-0.39, 0.29) is 34.1 Å². The van der Waals surface area contributed by atoms with Crippen LogP contribution < -0.4 is 8.27 Å². The lowest BCUT2D eigenvalue weighted by Gasteiger charge is -2.15. The summed E-state index contributed by atoms with van der Waals surface area (Å²) in [7, 11) is 5.24. The molecule has 25 heavy (non-hydrogen) atoms. The normalized spacial score (nSPS) is 10.6. The lowest BCUT2D eigenvalue weighted by Crippen LogP contribution is -2.17. The number of rotatable bonds is 6. The highest BCUT2D eigenvalue weighted by atomic mass is 127. The molecular weight excluding hydrogens is 435 g/mol. The largest absolute Gasteiger partial charge is 0.504 e. The van der Waals surface area contributed by atoms with Crippen molar-refractivity contribution in [2.24, 2.45) is 0 Å². The SMILES string of the molecule is COc1cc(CN(C)C)cc(C(=O)c2ccccc2C(=O)NI)c1O. The Morgan fingerprint density at radius 3 is 2.36 bits per heavy atom. The molecule has 0 fully saturated rings. The molecule has 1 amide bonds. The van der Waals surface area contributed by atoms with Crippen molar-refractivity contribution >= 4 is 34.6 Å². The number of methoxy groups -OCH3 is 1. The van der Waals surface area contributed by atoms with Crippen LogP contribution in [-0.2, 0) is 6.54 Å². The fourth-order valence-corrected chi connectivity index (χ4v) is 2.82. The third-order valence-electron chi connectivity index (χ3n) is 3.60. The molecular formula is C18H19IN2O4. The fourth-order valence-electron chi connectivity index (χ4n) is 2.53. The summed E-state index contributed by atoms with van der Waals surface area (Å²) in [6, 6.07) is 9.80. The van der Waals surface area contributed by atoms with Gasteiger partial charge in [-0.05, 0) is 37.9 Å². The van der Waals surface area contributed by atoms with Gasteiger partial charge in [-0.25, -0.2) is 0 Å². The molecule has 0 saturated heterocycles. The van der Waals surface area contributed by atoms with E-state index < -0.39 is 5.78 Å². The zero-order chi connectivity index (χ0) is 18.6. The quantitative estimate of drug-likeness (QED) is 0.399. The van der Waals surface area contributed by atoms with Gasteiger partial charge in [-0.1, -0.05) is 18.2 Å². The van der Waals surface area contributed by atoms with E-state index in [0.717, 1.165) is 5.56 Å². The Hall–Kier alpha value is -2.13. The van der Waals surface area contributed by atoms with E-state index >= 15 is 0 Å². The lowest BCUT2D eigenvalue weighted by atomic mass is 9.95. The van der Waals surface area contributed by atoms with Crippen LogP contribution in [0.2, 0.25) is 0 Å². The van der Waals surface area contributed by atoms with Gasteiger partial charge in [0.15, 0.2) is 17.3 Å². The first-order valence-corrected chi connectivity index (χ1v) is 8.56. The number of phenolic OH excluding ortho intramolecular Hbond substituents is 1. The number of carbonyl (C=O) groups excluding carboxylic acids is 2. The van der Waals surface area contributed by atoms with E-state index in [9.17, 15) is 14.7 Å². The Morgan fingerprint density at radius 2 is 1.80 bits per heavy atom. The van der Waals surface area contributed by atoms with Gasteiger partial charge in [0.25, 0.3) is 5.91 Å². The van der Waals surface area contributed by atoms with Crippen molar-refractivity contribution in [2.75, 3.05) is 21.2 Å². The predicted octanol–water partition coefficient (Wildman–Crippen LogP) is 2.77. The van der Waals surface area contributed by atoms with Crippen LogP contribution in [0, 0.1) is 0 Å². The molecule has 6 nitrogen and oxygen atoms in total. The third-order valence-corrected chi connectivity index (χ3v) is 4.09. The summed E-state index contributed by atoms with van der Waals surface area (Å²) < 4.78 is 7.68. The Morgan fingerprint density at radius 1 is 1.16 bits per heavy atom. The molecule has 0 aliphatic heterocycles. The molecule has 0 radical (unpaired) electrons. The van der Waals surface area contributed by atoms with Gasteiger partial charge >= 0.3 is 0 Å². The number of aromatic hydroxyl groups is 1. The molecule has 0 aliphatic rings. The number of nitrogens with zero attached hydrogens (tertiary/aromatic N) is 1. The van der Waals surface area contributed by atoms with Crippen molar-refractivity contribution in [2.45, 2.75) is 6.54 Å². The number of amides is 1. The summed E-state index contributed by atoms with van der Waals surface area (Å²) in [6.07, 6.45) is 0. The summed E-state index contributed by atoms with van der Waals surface area (Å²) >= 11 is 1.72. The highest BCUT2D eigenvalue weighted by Crippen LogP contribution is 2.33. The van der Waals surface area contributed by atoms with Gasteiger partial charge in [-0.2, -0.15) is 0 Å². The lowest BCUT2D eigenvalue weighted by molar-refractivity contribution is 0.0972. The molecule has 0 aromatic heterocycles. The van der Waals surface area contributed by atoms with Gasteiger partial charge in [0.1, 0.15) is 0 Å². The van der Waals surface area contributed by atoms with Crippen LogP contribution in [0.5, 0.6) is 11.5 Å². The Bertz CT molecular complexity index is 806. The van der Waals surface area contributed by atoms with E-state index in [0.29, 0.717) is 6.54 Å². The summed E-state index contributed by atoms with van der Waals surface area (Å²) in [5.41, 5.74) is 1.39. The second-order valence-corrected chi connectivity index (χ2v) is 6.27. The third kappa shape index (κ3) is 4.29. The topological polar surface area (TPSA) is 78.9 Å². The number of phenols is 1. The van der Waals surface area contributed by atoms with Gasteiger partial charge < -0.3 is 14.7 Å². The minimum Gasteiger partial charge on any atom is -0.504 e. The van der Waals surface area contributed by atoms with E-state index in [1.807, 2.05) is 19.0 Å². The molecule has 0 bridgehead atoms. The first-order chi connectivity index (χ1) is 11.9. The number of halogens is 1. The number of ketones is 1. The van der Waals surface area contributed by atoms with Crippen LogP contribution in [-0.4, -0.2) is 42.9 Å². The summed E-state index contributed by atoms with van der Waals surface area (Å²) in [4.78, 5) is 27.0. The minimum absolute atomic E-state index is 0.102. The number of benzene rings is 2. The van der Waals surface area contributed by atoms with E-state index in [1.165, 1.54) is 7.11 Å². The predicted molar refractivity (Wildman–Crippen MR) is 103 cm³/mol. The Labute approximate surface area is 160 Å². The smallest absolute Gasteiger partial charge is 0.260 e. The molecule has 132 valence electrons. The number of ether oxygens (including phenoxy) is 1. The number of hydrogen-bond acceptors (Lipinski definition) is 5. The molecule has 2 rings (SSSR count). The van der Waals surface area contributed by atoms with E-state index in [1.54, 1.807) is 59.3 Å². The maximum Gasteiger partial charge on any atom is 0.260 e. The van der Waals surface area contributed by atoms with Crippen molar-refractivity contribution in [1.82, 2.24) is 8.43 Å². The molecule has 2 N–H and O–H groups in total. The van der Waals surface area contributed by atoms with Crippen LogP contribution >= 0.6 is 22.9 Å². The van der Waals surface area contributed by atoms with Crippen molar-refractivity contribution < 1.29 is 19.4 Å². The first-order valence-electron chi connectivity index (χ1n) is 7.48. The van der Waals surface area contributed by atoms with Crippen molar-refractivity contribution in [3.05, 3.63) is 58.7 Å². The van der Waals surface area contributed by atoms with Gasteiger partial charge in [-0.15, -0.1) is 0 Å². The molecule has 0 aliphatic carbocycles. The molecule has 0 spiro atoms. The van der Waals surface area contributed by atoms with Crippen LogP contribution in [0.4, 0.5) is 0 Å². The molecule has 0 heterocycles. The number of nitrogens with one attached hydrogen (secondary N) is 1. The Balaban J connectivity index is 2.58. The maximum absolute atomic E-state index is 13.0. The summed E-state index contributed by atoms with van der Waals surface area (Å²) in [5, 5.41) is 10.4. The molecule has 2 aromatic carbocycles. The van der Waals surface area contributed by atoms with E-state index in [2.05, 4.69) is 3.53 Å². The zero-order valence-electron chi connectivity index (χ0n) is 14.2. The van der Waals surface area contributed by atoms with Crippen LogP contribution in [0.3, 0.4) is 0 Å². The molecule has 0 saturated carbocycles. The fraction of sp³-hybridized carbons (Fsp3) is 0.222. The molecule has 2 aromatic rings. The van der Waals surface area contributed by atoms with Gasteiger partial charge in [-0.3, -0.25) is 13.1 Å².